The van der Waals surface area contributed by atoms with Crippen LogP contribution in [0.5, 0.6) is 5.75 Å². The van der Waals surface area contributed by atoms with Crippen LogP contribution in [-0.4, -0.2) is 353 Å². The van der Waals surface area contributed by atoms with Crippen LogP contribution in [0.15, 0.2) is 67.1 Å². The summed E-state index contributed by atoms with van der Waals surface area (Å²) >= 11 is 0. The Morgan fingerprint density at radius 3 is 1.41 bits per heavy atom. The predicted molar refractivity (Wildman–Crippen MR) is 488 cm³/mol. The molecule has 33 N–H and O–H groups in total. The predicted octanol–water partition coefficient (Wildman–Crippen LogP) is -13.1. The van der Waals surface area contributed by atoms with Crippen molar-refractivity contribution in [1.29, 1.82) is 0 Å². The molecular formula is C87H130N22O33. The van der Waals surface area contributed by atoms with Gasteiger partial charge in [-0.15, -0.1) is 0 Å². The number of nitrogens with one attached hydrogen (secondary N) is 18. The molecule has 2 aliphatic rings. The van der Waals surface area contributed by atoms with Crippen LogP contribution in [0.3, 0.4) is 0 Å². The van der Waals surface area contributed by atoms with Gasteiger partial charge in [0, 0.05) is 52.7 Å². The molecule has 1 aromatic heterocycles. The van der Waals surface area contributed by atoms with Crippen LogP contribution in [0.4, 0.5) is 0 Å². The van der Waals surface area contributed by atoms with Crippen molar-refractivity contribution in [3.05, 3.63) is 83.9 Å². The first-order valence-electron chi connectivity index (χ1n) is 45.2. The molecule has 0 bridgehead atoms. The minimum absolute atomic E-state index is 0.0277. The normalized spacial score (nSPS) is 20.8. The highest BCUT2D eigenvalue weighted by Gasteiger charge is 2.53. The number of aliphatic hydroxyl groups is 7. The molecule has 2 aliphatic heterocycles. The third-order valence-corrected chi connectivity index (χ3v) is 22.8. The number of amides is 20. The fourth-order valence-electron chi connectivity index (χ4n) is 14.6. The second-order valence-electron chi connectivity index (χ2n) is 34.4. The van der Waals surface area contributed by atoms with Crippen molar-refractivity contribution in [3.8, 4) is 5.75 Å². The molecule has 55 heteroatoms. The second-order valence-corrected chi connectivity index (χ2v) is 34.4. The first-order valence-corrected chi connectivity index (χ1v) is 45.2. The average molecular weight is 2010 g/mol. The first-order chi connectivity index (χ1) is 66.9. The molecule has 5 rings (SSSR count). The summed E-state index contributed by atoms with van der Waals surface area (Å²) in [5.74, 6) is -27.6. The average Bonchev–Trinajstić information content (AvgIpc) is 0.794. The number of H-pyrrole nitrogens is 1. The van der Waals surface area contributed by atoms with E-state index in [1.807, 2.05) is 0 Å². The van der Waals surface area contributed by atoms with E-state index >= 15 is 14.4 Å². The summed E-state index contributed by atoms with van der Waals surface area (Å²) in [6, 6.07) is -14.5. The number of aliphatic hydroxyl groups excluding tert-OH is 7. The number of rotatable bonds is 57. The number of carboxylic acid groups (broad SMARTS) is 1. The number of primary amides is 3. The Bertz CT molecular complexity index is 4870. The molecule has 2 saturated heterocycles. The lowest BCUT2D eigenvalue weighted by molar-refractivity contribution is -0.315. The number of nitrogens with zero attached hydrogens (tertiary/aromatic N) is 1. The Hall–Kier alpha value is -14.1. The molecule has 0 saturated carbocycles. The largest absolute Gasteiger partial charge is 0.508 e. The number of carboxylic acids is 1. The van der Waals surface area contributed by atoms with E-state index in [2.05, 4.69) is 100 Å². The van der Waals surface area contributed by atoms with Crippen molar-refractivity contribution in [3.63, 3.8) is 0 Å². The molecule has 0 radical (unpaired) electrons. The number of nitrogens with two attached hydrogens (primary N) is 3. The van der Waals surface area contributed by atoms with Gasteiger partial charge in [-0.2, -0.15) is 0 Å². The lowest BCUT2D eigenvalue weighted by Gasteiger charge is -2.48. The number of ether oxygens (including phenoxy) is 3. The topological polar surface area (TPSA) is 879 Å². The van der Waals surface area contributed by atoms with Gasteiger partial charge in [-0.25, -0.2) is 4.98 Å². The highest BCUT2D eigenvalue weighted by Crippen LogP contribution is 2.30. The Labute approximate surface area is 812 Å². The minimum Gasteiger partial charge on any atom is -0.508 e. The van der Waals surface area contributed by atoms with Crippen LogP contribution >= 0.6 is 0 Å². The second kappa shape index (κ2) is 57.6. The van der Waals surface area contributed by atoms with Crippen LogP contribution in [0.25, 0.3) is 0 Å². The number of hydrogen-bond donors (Lipinski definition) is 30. The molecule has 0 unspecified atom stereocenters. The molecule has 2 aromatic carbocycles. The number of aromatic hydroxyl groups is 1. The van der Waals surface area contributed by atoms with Gasteiger partial charge in [0.15, 0.2) is 12.5 Å². The van der Waals surface area contributed by atoms with E-state index in [1.54, 1.807) is 51.1 Å². The minimum atomic E-state index is -2.33. The molecule has 786 valence electrons. The number of phenols is 1. The maximum Gasteiger partial charge on any atom is 0.305 e. The summed E-state index contributed by atoms with van der Waals surface area (Å²) in [5, 5.41) is 134. The number of aliphatic carboxylic acids is 1. The number of phenolic OH excluding ortho intramolecular Hbond substituents is 1. The summed E-state index contributed by atoms with van der Waals surface area (Å²) < 4.78 is 17.6. The zero-order valence-electron chi connectivity index (χ0n) is 79.5. The fraction of sp³-hybridized carbons (Fsp3) is 0.586. The lowest BCUT2D eigenvalue weighted by atomic mass is 9.94. The Morgan fingerprint density at radius 2 is 0.908 bits per heavy atom. The van der Waals surface area contributed by atoms with Gasteiger partial charge in [-0.05, 0) is 54.4 Å². The number of aromatic nitrogens is 2. The van der Waals surface area contributed by atoms with Crippen molar-refractivity contribution >= 4 is 124 Å². The van der Waals surface area contributed by atoms with Gasteiger partial charge in [0.25, 0.3) is 0 Å². The number of carbonyl (C=O) groups is 21. The van der Waals surface area contributed by atoms with Gasteiger partial charge >= 0.3 is 5.97 Å². The van der Waals surface area contributed by atoms with Crippen molar-refractivity contribution in [2.24, 2.45) is 35.0 Å². The maximum absolute atomic E-state index is 15.1. The standard InChI is InChI=1S/C87H130N22O33/c1-11-38(5)65(106-62(121)31-92-75(129)56(33-111)95-41(8)114)84(138)94-40(7)74(128)98-48(22-23-59(88)118)76(130)99-49(24-44-16-14-13-15-17-44)77(131)101-51(26-46-30-91-36-93-46)81(135)109-66(39(6)12-2)85(139)104-54(29-63(122)123)80(134)100-50(25-45-18-20-47(117)21-19-45)78(132)102-52(27-60(89)119)79(133)103-53(82(136)108-64(37(3)4)83(137)105-55(32-110)73(90)127)28-61(120)107-86-67(96-42(9)115)71(126)72(58(35-113)140-86)142-87-68(97-43(10)116)70(125)69(124)57(34-112)141-87/h13-21,30,36-40,48-58,64-72,86-87,110-113,117,124-126H,11-12,22-29,31-35H2,1-10H3,(H2,88,118)(H2,89,119)(H2,90,127)(H,91,93)(H,92,129)(H,94,138)(H,95,114)(H,96,115)(H,97,116)(H,98,128)(H,99,130)(H,100,134)(H,101,131)(H,102,132)(H,103,133)(H,104,139)(H,105,137)(H,106,121)(H,107,120)(H,108,136)(H,109,135)(H,122,123)/t38-,39-,40-,48-,49-,50-,51-,52-,53-,54-,55-,56-,57+,58+,64-,65-,66-,67+,68+,69+,70+,71+,72+,86+,87-/m0/s1. The van der Waals surface area contributed by atoms with E-state index in [0.29, 0.717) is 5.56 Å². The van der Waals surface area contributed by atoms with E-state index in [9.17, 15) is 132 Å². The quantitative estimate of drug-likeness (QED) is 0.0249. The molecule has 0 spiro atoms. The smallest absolute Gasteiger partial charge is 0.305 e. The molecule has 142 heavy (non-hydrogen) atoms. The third-order valence-electron chi connectivity index (χ3n) is 22.8. The first kappa shape index (κ1) is 118. The van der Waals surface area contributed by atoms with Crippen molar-refractivity contribution in [2.75, 3.05) is 33.0 Å². The molecule has 55 nitrogen and oxygen atoms in total. The molecular weight excluding hydrogens is 1880 g/mol. The van der Waals surface area contributed by atoms with Gasteiger partial charge in [0.05, 0.1) is 64.3 Å². The van der Waals surface area contributed by atoms with Crippen LogP contribution in [0.2, 0.25) is 0 Å². The third kappa shape index (κ3) is 37.5. The zero-order chi connectivity index (χ0) is 106. The molecule has 2 fully saturated rings. The number of hydrogen-bond acceptors (Lipinski definition) is 33. The summed E-state index contributed by atoms with van der Waals surface area (Å²) in [5.41, 5.74) is 17.1. The van der Waals surface area contributed by atoms with E-state index in [0.717, 1.165) is 32.9 Å². The number of imidazole rings is 1. The Morgan fingerprint density at radius 1 is 0.444 bits per heavy atom. The van der Waals surface area contributed by atoms with Crippen molar-refractivity contribution in [1.82, 2.24) is 100 Å². The Kier molecular flexibility index (Phi) is 48.0. The van der Waals surface area contributed by atoms with Gasteiger partial charge in [0.1, 0.15) is 133 Å². The number of aromatic amines is 1. The SMILES string of the molecule is CC[C@H](C)[C@H](NC(=O)CNC(=O)[C@H](CO)NC(C)=O)C(=O)N[C@@H](C)C(=O)N[C@@H](CCC(N)=O)C(=O)N[C@@H](Cc1ccccc1)C(=O)N[C@@H](Cc1c[nH]cn1)C(=O)N[C@H](C(=O)N[C@@H](CC(=O)O)C(=O)N[C@@H](Cc1ccc(O)cc1)C(=O)N[C@@H](CC(N)=O)C(=O)N[C@@H](CC(=O)N[C@@H]1O[C@H](CO)[C@@H](O[C@@H]2O[C@H](CO)[C@@H](O)[C@H](O)[C@H]2NC(C)=O)[C@H](O)[C@H]1NC(C)=O)C(=O)N[C@H](C(=O)N[C@@H](CO)C(N)=O)C(C)C)[C@@H](C)CC. The van der Waals surface area contributed by atoms with E-state index in [1.165, 1.54) is 52.4 Å². The van der Waals surface area contributed by atoms with Crippen molar-refractivity contribution in [2.45, 2.75) is 273 Å². The Balaban J connectivity index is 1.48. The van der Waals surface area contributed by atoms with Crippen LogP contribution in [0, 0.1) is 17.8 Å². The van der Waals surface area contributed by atoms with E-state index in [-0.39, 0.29) is 36.3 Å². The fourth-order valence-corrected chi connectivity index (χ4v) is 14.6. The van der Waals surface area contributed by atoms with Gasteiger partial charge < -0.3 is 173 Å². The highest BCUT2D eigenvalue weighted by atomic mass is 16.7. The summed E-state index contributed by atoms with van der Waals surface area (Å²) in [6.45, 7) is 8.65. The summed E-state index contributed by atoms with van der Waals surface area (Å²) in [6.07, 6.45) is -18.5. The van der Waals surface area contributed by atoms with Crippen LogP contribution in [0.1, 0.15) is 131 Å². The molecule has 25 atom stereocenters. The summed E-state index contributed by atoms with van der Waals surface area (Å²) in [4.78, 5) is 295. The lowest BCUT2D eigenvalue weighted by Crippen LogP contribution is -2.71. The maximum atomic E-state index is 15.1. The molecule has 3 heterocycles. The zero-order valence-corrected chi connectivity index (χ0v) is 79.5. The molecule has 20 amide bonds. The molecule has 3 aromatic rings. The number of benzene rings is 2. The number of carbonyl (C=O) groups excluding carboxylic acids is 20. The van der Waals surface area contributed by atoms with Crippen molar-refractivity contribution < 1.29 is 161 Å². The molecule has 0 aliphatic carbocycles. The van der Waals surface area contributed by atoms with Gasteiger partial charge in [0.2, 0.25) is 118 Å². The van der Waals surface area contributed by atoms with Crippen LogP contribution in [-0.2, 0) is 134 Å². The van der Waals surface area contributed by atoms with E-state index in [4.69, 9.17) is 31.4 Å². The van der Waals surface area contributed by atoms with Gasteiger partial charge in [-0.1, -0.05) is 96.8 Å². The summed E-state index contributed by atoms with van der Waals surface area (Å²) in [7, 11) is 0. The van der Waals surface area contributed by atoms with Gasteiger partial charge in [-0.3, -0.25) is 101 Å². The monoisotopic (exact) mass is 2010 g/mol. The van der Waals surface area contributed by atoms with E-state index < -0.39 is 360 Å². The van der Waals surface area contributed by atoms with Crippen LogP contribution < -0.4 is 108 Å². The highest BCUT2D eigenvalue weighted by molar-refractivity contribution is 6.02.